The Kier molecular flexibility index (Phi) is 4.27. The van der Waals surface area contributed by atoms with Crippen LogP contribution in [-0.4, -0.2) is 21.2 Å². The molecule has 0 aliphatic rings. The molecule has 0 aliphatic heterocycles. The minimum atomic E-state index is -0.592. The van der Waals surface area contributed by atoms with Crippen molar-refractivity contribution in [3.05, 3.63) is 68.3 Å². The van der Waals surface area contributed by atoms with Crippen LogP contribution in [0.4, 0.5) is 17.1 Å². The zero-order valence-electron chi connectivity index (χ0n) is 11.0. The molecular weight excluding hydrogens is 292 g/mol. The molecule has 2 aromatic carbocycles. The van der Waals surface area contributed by atoms with E-state index in [9.17, 15) is 25.3 Å². The van der Waals surface area contributed by atoms with Crippen molar-refractivity contribution in [2.24, 2.45) is 5.10 Å². The fourth-order valence-corrected chi connectivity index (χ4v) is 1.62. The van der Waals surface area contributed by atoms with E-state index in [0.717, 1.165) is 6.07 Å². The number of phenolic OH excluding ortho intramolecular Hbond substituents is 1. The van der Waals surface area contributed by atoms with Crippen LogP contribution in [0.1, 0.15) is 5.56 Å². The first-order valence-corrected chi connectivity index (χ1v) is 5.98. The highest BCUT2D eigenvalue weighted by Gasteiger charge is 2.09. The average molecular weight is 302 g/mol. The van der Waals surface area contributed by atoms with Gasteiger partial charge in [0.1, 0.15) is 5.75 Å². The molecule has 2 aromatic rings. The predicted octanol–water partition coefficient (Wildman–Crippen LogP) is 2.65. The fourth-order valence-electron chi connectivity index (χ4n) is 1.62. The highest BCUT2D eigenvalue weighted by Crippen LogP contribution is 2.21. The monoisotopic (exact) mass is 302 g/mol. The number of aromatic hydroxyl groups is 1. The Balaban J connectivity index is 2.16. The molecule has 2 rings (SSSR count). The minimum absolute atomic E-state index is 0.0987. The summed E-state index contributed by atoms with van der Waals surface area (Å²) in [7, 11) is 0. The molecule has 0 atom stereocenters. The van der Waals surface area contributed by atoms with Crippen molar-refractivity contribution in [1.82, 2.24) is 0 Å². The lowest BCUT2D eigenvalue weighted by molar-refractivity contribution is -0.385. The lowest BCUT2D eigenvalue weighted by atomic mass is 10.2. The fraction of sp³-hybridized carbons (Fsp3) is 0. The number of anilines is 1. The second-order valence-corrected chi connectivity index (χ2v) is 4.18. The number of rotatable bonds is 5. The molecule has 0 amide bonds. The average Bonchev–Trinajstić information content (AvgIpc) is 2.49. The standard InChI is InChI=1S/C13H10N4O5/c18-13-5-4-12(17(21)22)6-9(13)8-14-15-10-2-1-3-11(7-10)16(19)20/h1-8,15,18H/b14-8+. The maximum atomic E-state index is 10.7. The minimum Gasteiger partial charge on any atom is -0.507 e. The Hall–Kier alpha value is -3.49. The molecule has 0 saturated carbocycles. The quantitative estimate of drug-likeness (QED) is 0.496. The molecular formula is C13H10N4O5. The summed E-state index contributed by atoms with van der Waals surface area (Å²) >= 11 is 0. The number of nitro groups is 2. The van der Waals surface area contributed by atoms with E-state index in [2.05, 4.69) is 10.5 Å². The number of non-ortho nitro benzene ring substituents is 2. The van der Waals surface area contributed by atoms with E-state index >= 15 is 0 Å². The first kappa shape index (κ1) is 14.9. The third-order valence-electron chi connectivity index (χ3n) is 2.68. The molecule has 0 saturated heterocycles. The molecule has 0 aliphatic carbocycles. The second-order valence-electron chi connectivity index (χ2n) is 4.18. The number of nitrogens with zero attached hydrogens (tertiary/aromatic N) is 3. The first-order valence-electron chi connectivity index (χ1n) is 5.98. The van der Waals surface area contributed by atoms with Crippen molar-refractivity contribution in [2.75, 3.05) is 5.43 Å². The topological polar surface area (TPSA) is 131 Å². The van der Waals surface area contributed by atoms with Crippen LogP contribution >= 0.6 is 0 Å². The number of benzene rings is 2. The van der Waals surface area contributed by atoms with Gasteiger partial charge in [-0.15, -0.1) is 0 Å². The van der Waals surface area contributed by atoms with Gasteiger partial charge >= 0.3 is 0 Å². The van der Waals surface area contributed by atoms with E-state index in [0.29, 0.717) is 5.69 Å². The number of hydrogen-bond acceptors (Lipinski definition) is 7. The zero-order chi connectivity index (χ0) is 16.1. The molecule has 9 nitrogen and oxygen atoms in total. The number of nitro benzene ring substituents is 2. The molecule has 2 N–H and O–H groups in total. The molecule has 0 spiro atoms. The van der Waals surface area contributed by atoms with Crippen LogP contribution in [0.15, 0.2) is 47.6 Å². The molecule has 0 heterocycles. The Morgan fingerprint density at radius 1 is 1.05 bits per heavy atom. The van der Waals surface area contributed by atoms with Crippen molar-refractivity contribution in [2.45, 2.75) is 0 Å². The van der Waals surface area contributed by atoms with Crippen LogP contribution in [0.5, 0.6) is 5.75 Å². The summed E-state index contributed by atoms with van der Waals surface area (Å²) in [6.07, 6.45) is 1.18. The van der Waals surface area contributed by atoms with Gasteiger partial charge in [-0.1, -0.05) is 6.07 Å². The smallest absolute Gasteiger partial charge is 0.271 e. The van der Waals surface area contributed by atoms with Crippen molar-refractivity contribution in [1.29, 1.82) is 0 Å². The van der Waals surface area contributed by atoms with Crippen LogP contribution in [0.3, 0.4) is 0 Å². The Labute approximate surface area is 123 Å². The van der Waals surface area contributed by atoms with Gasteiger partial charge in [-0.2, -0.15) is 5.10 Å². The SMILES string of the molecule is O=[N+]([O-])c1cccc(N/N=C/c2cc([N+](=O)[O-])ccc2O)c1. The molecule has 0 aromatic heterocycles. The molecule has 0 radical (unpaired) electrons. The van der Waals surface area contributed by atoms with E-state index in [1.165, 1.54) is 36.5 Å². The van der Waals surface area contributed by atoms with Crippen molar-refractivity contribution in [3.63, 3.8) is 0 Å². The van der Waals surface area contributed by atoms with E-state index in [1.54, 1.807) is 6.07 Å². The number of hydrazone groups is 1. The lowest BCUT2D eigenvalue weighted by Crippen LogP contribution is -1.94. The number of phenols is 1. The molecule has 22 heavy (non-hydrogen) atoms. The molecule has 0 unspecified atom stereocenters. The van der Waals surface area contributed by atoms with Crippen LogP contribution < -0.4 is 5.43 Å². The van der Waals surface area contributed by atoms with Gasteiger partial charge in [0.05, 0.1) is 21.7 Å². The Bertz CT molecular complexity index is 760. The van der Waals surface area contributed by atoms with Gasteiger partial charge in [-0.25, -0.2) is 0 Å². The third kappa shape index (κ3) is 3.54. The highest BCUT2D eigenvalue weighted by molar-refractivity contribution is 5.85. The summed E-state index contributed by atoms with van der Waals surface area (Å²) in [6.45, 7) is 0. The van der Waals surface area contributed by atoms with Gasteiger partial charge in [0.2, 0.25) is 0 Å². The molecule has 9 heteroatoms. The highest BCUT2D eigenvalue weighted by atomic mass is 16.6. The molecule has 112 valence electrons. The van der Waals surface area contributed by atoms with Crippen LogP contribution in [0.2, 0.25) is 0 Å². The van der Waals surface area contributed by atoms with Crippen LogP contribution in [0.25, 0.3) is 0 Å². The summed E-state index contributed by atoms with van der Waals surface area (Å²) in [5, 5.41) is 34.7. The van der Waals surface area contributed by atoms with E-state index in [-0.39, 0.29) is 22.7 Å². The number of nitrogens with one attached hydrogen (secondary N) is 1. The van der Waals surface area contributed by atoms with Crippen LogP contribution in [0, 0.1) is 20.2 Å². The van der Waals surface area contributed by atoms with E-state index in [4.69, 9.17) is 0 Å². The summed E-state index contributed by atoms with van der Waals surface area (Å²) < 4.78 is 0. The maximum Gasteiger partial charge on any atom is 0.271 e. The first-order chi connectivity index (χ1) is 10.5. The van der Waals surface area contributed by atoms with Crippen molar-refractivity contribution < 1.29 is 15.0 Å². The van der Waals surface area contributed by atoms with Crippen LogP contribution in [-0.2, 0) is 0 Å². The summed E-state index contributed by atoms with van der Waals surface area (Å²) in [4.78, 5) is 20.2. The summed E-state index contributed by atoms with van der Waals surface area (Å²) in [5.41, 5.74) is 2.78. The summed E-state index contributed by atoms with van der Waals surface area (Å²) in [5.74, 6) is -0.171. The number of hydrogen-bond donors (Lipinski definition) is 2. The van der Waals surface area contributed by atoms with Gasteiger partial charge in [-0.3, -0.25) is 25.7 Å². The Morgan fingerprint density at radius 3 is 2.41 bits per heavy atom. The predicted molar refractivity (Wildman–Crippen MR) is 79.1 cm³/mol. The molecule has 0 bridgehead atoms. The van der Waals surface area contributed by atoms with E-state index in [1.807, 2.05) is 0 Å². The van der Waals surface area contributed by atoms with Gasteiger partial charge in [0.15, 0.2) is 0 Å². The molecule has 0 fully saturated rings. The summed E-state index contributed by atoms with van der Waals surface area (Å²) in [6, 6.07) is 9.19. The third-order valence-corrected chi connectivity index (χ3v) is 2.68. The van der Waals surface area contributed by atoms with Gasteiger partial charge in [-0.05, 0) is 12.1 Å². The van der Waals surface area contributed by atoms with E-state index < -0.39 is 9.85 Å². The van der Waals surface area contributed by atoms with Crippen molar-refractivity contribution >= 4 is 23.3 Å². The normalized spacial score (nSPS) is 10.5. The Morgan fingerprint density at radius 2 is 1.73 bits per heavy atom. The van der Waals surface area contributed by atoms with Gasteiger partial charge in [0.25, 0.3) is 11.4 Å². The largest absolute Gasteiger partial charge is 0.507 e. The lowest BCUT2D eigenvalue weighted by Gasteiger charge is -2.01. The van der Waals surface area contributed by atoms with Gasteiger partial charge < -0.3 is 5.11 Å². The maximum absolute atomic E-state index is 10.7. The van der Waals surface area contributed by atoms with Crippen molar-refractivity contribution in [3.8, 4) is 5.75 Å². The second kappa shape index (κ2) is 6.31. The van der Waals surface area contributed by atoms with Gasteiger partial charge in [0, 0.05) is 29.8 Å². The zero-order valence-corrected chi connectivity index (χ0v) is 11.0.